The van der Waals surface area contributed by atoms with Gasteiger partial charge in [-0.05, 0) is 12.0 Å². The molecule has 6 heteroatoms. The molecule has 0 saturated carbocycles. The Kier molecular flexibility index (Phi) is 4.83. The van der Waals surface area contributed by atoms with Gasteiger partial charge >= 0.3 is 0 Å². The molecule has 0 aromatic heterocycles. The van der Waals surface area contributed by atoms with E-state index in [-0.39, 0.29) is 35.9 Å². The zero-order valence-electron chi connectivity index (χ0n) is 15.9. The van der Waals surface area contributed by atoms with E-state index in [4.69, 9.17) is 0 Å². The second-order valence-electron chi connectivity index (χ2n) is 7.35. The average Bonchev–Trinajstić information content (AvgIpc) is 2.97. The Labute approximate surface area is 172 Å². The van der Waals surface area contributed by atoms with Crippen LogP contribution in [0.3, 0.4) is 0 Å². The molecule has 1 aliphatic rings. The summed E-state index contributed by atoms with van der Waals surface area (Å²) >= 11 is 0. The molecule has 0 radical (unpaired) electrons. The molecule has 4 rings (SSSR count). The summed E-state index contributed by atoms with van der Waals surface area (Å²) in [5.41, 5.74) is -0.0172. The van der Waals surface area contributed by atoms with Crippen molar-refractivity contribution in [3.63, 3.8) is 0 Å². The minimum absolute atomic E-state index is 0.00405. The van der Waals surface area contributed by atoms with Crippen LogP contribution >= 0.6 is 0 Å². The fourth-order valence-corrected chi connectivity index (χ4v) is 3.97. The van der Waals surface area contributed by atoms with Crippen LogP contribution in [0.2, 0.25) is 0 Å². The van der Waals surface area contributed by atoms with Crippen LogP contribution in [0, 0.1) is 15.5 Å². The maximum absolute atomic E-state index is 13.4. The van der Waals surface area contributed by atoms with Crippen LogP contribution in [0.5, 0.6) is 0 Å². The summed E-state index contributed by atoms with van der Waals surface area (Å²) in [6.07, 6.45) is -0.268. The predicted octanol–water partition coefficient (Wildman–Crippen LogP) is 4.48. The van der Waals surface area contributed by atoms with Gasteiger partial charge in [0.1, 0.15) is 5.41 Å². The third-order valence-electron chi connectivity index (χ3n) is 5.50. The molecule has 0 fully saturated rings. The minimum Gasteiger partial charge on any atom is -0.294 e. The number of rotatable bonds is 6. The van der Waals surface area contributed by atoms with Crippen molar-refractivity contribution < 1.29 is 19.3 Å². The number of Topliss-reactive ketones (excluding diaryl/α,β-unsaturated/α-hetero) is 3. The molecule has 0 amide bonds. The predicted molar refractivity (Wildman–Crippen MR) is 110 cm³/mol. The second-order valence-corrected chi connectivity index (χ2v) is 7.35. The number of nitrogens with zero attached hydrogens (tertiary/aromatic N) is 1. The molecule has 3 aromatic carbocycles. The molecule has 0 aliphatic heterocycles. The number of non-ortho nitro benzene ring substituents is 1. The van der Waals surface area contributed by atoms with Crippen LogP contribution in [0.4, 0.5) is 5.69 Å². The van der Waals surface area contributed by atoms with Crippen LogP contribution in [-0.2, 0) is 6.42 Å². The van der Waals surface area contributed by atoms with Crippen molar-refractivity contribution in [3.8, 4) is 0 Å². The van der Waals surface area contributed by atoms with Crippen molar-refractivity contribution in [2.75, 3.05) is 0 Å². The lowest BCUT2D eigenvalue weighted by Gasteiger charge is -2.25. The molecule has 0 bridgehead atoms. The highest BCUT2D eigenvalue weighted by atomic mass is 16.6. The standard InChI is InChI=1S/C24H17NO5/c26-21(17-6-2-1-3-7-17)15-24(14-16-10-12-18(13-11-16)25(29)30)22(27)19-8-4-5-9-20(19)23(24)28/h1-13H,14-15H2. The molecule has 0 spiro atoms. The Hall–Kier alpha value is -3.93. The first-order valence-electron chi connectivity index (χ1n) is 9.42. The zero-order chi connectivity index (χ0) is 21.3. The van der Waals surface area contributed by atoms with Gasteiger partial charge in [-0.1, -0.05) is 66.7 Å². The van der Waals surface area contributed by atoms with Gasteiger partial charge in [0.05, 0.1) is 4.92 Å². The van der Waals surface area contributed by atoms with Gasteiger partial charge < -0.3 is 0 Å². The molecule has 6 nitrogen and oxygen atoms in total. The number of hydrogen-bond acceptors (Lipinski definition) is 5. The van der Waals surface area contributed by atoms with E-state index in [0.717, 1.165) is 0 Å². The molecule has 30 heavy (non-hydrogen) atoms. The molecule has 1 aliphatic carbocycles. The molecule has 148 valence electrons. The quantitative estimate of drug-likeness (QED) is 0.264. The monoisotopic (exact) mass is 399 g/mol. The van der Waals surface area contributed by atoms with E-state index < -0.39 is 10.3 Å². The minimum atomic E-state index is -1.56. The van der Waals surface area contributed by atoms with Gasteiger partial charge in [0.2, 0.25) is 0 Å². The lowest BCUT2D eigenvalue weighted by molar-refractivity contribution is -0.384. The number of nitro benzene ring substituents is 1. The molecule has 0 atom stereocenters. The number of carbonyl (C=O) groups is 3. The molecule has 0 unspecified atom stereocenters. The van der Waals surface area contributed by atoms with Gasteiger partial charge in [0.25, 0.3) is 5.69 Å². The van der Waals surface area contributed by atoms with Gasteiger partial charge in [-0.2, -0.15) is 0 Å². The second kappa shape index (κ2) is 7.48. The summed E-state index contributed by atoms with van der Waals surface area (Å²) in [7, 11) is 0. The molecule has 0 N–H and O–H groups in total. The van der Waals surface area contributed by atoms with Gasteiger partial charge in [-0.25, -0.2) is 0 Å². The first kappa shape index (κ1) is 19.4. The Morgan fingerprint density at radius 3 is 1.87 bits per heavy atom. The van der Waals surface area contributed by atoms with Crippen LogP contribution in [0.25, 0.3) is 0 Å². The van der Waals surface area contributed by atoms with Crippen LogP contribution in [-0.4, -0.2) is 22.3 Å². The fraction of sp³-hybridized carbons (Fsp3) is 0.125. The highest BCUT2D eigenvalue weighted by molar-refractivity contribution is 6.31. The Bertz CT molecular complexity index is 1130. The van der Waals surface area contributed by atoms with Crippen molar-refractivity contribution in [2.24, 2.45) is 5.41 Å². The van der Waals surface area contributed by atoms with Gasteiger partial charge in [0.15, 0.2) is 17.3 Å². The average molecular weight is 399 g/mol. The van der Waals surface area contributed by atoms with E-state index in [2.05, 4.69) is 0 Å². The number of carbonyl (C=O) groups excluding carboxylic acids is 3. The molecule has 3 aromatic rings. The van der Waals surface area contributed by atoms with Gasteiger partial charge in [-0.15, -0.1) is 0 Å². The number of hydrogen-bond donors (Lipinski definition) is 0. The highest BCUT2D eigenvalue weighted by Gasteiger charge is 2.53. The summed E-state index contributed by atoms with van der Waals surface area (Å²) < 4.78 is 0. The van der Waals surface area contributed by atoms with Gasteiger partial charge in [0, 0.05) is 35.2 Å². The number of benzene rings is 3. The summed E-state index contributed by atoms with van der Waals surface area (Å²) in [6, 6.07) is 20.8. The summed E-state index contributed by atoms with van der Waals surface area (Å²) in [5, 5.41) is 10.9. The lowest BCUT2D eigenvalue weighted by Crippen LogP contribution is -2.38. The van der Waals surface area contributed by atoms with Crippen molar-refractivity contribution in [2.45, 2.75) is 12.8 Å². The van der Waals surface area contributed by atoms with Crippen molar-refractivity contribution in [1.82, 2.24) is 0 Å². The molecule has 0 saturated heterocycles. The zero-order valence-corrected chi connectivity index (χ0v) is 15.9. The molecular formula is C24H17NO5. The van der Waals surface area contributed by atoms with E-state index in [1.807, 2.05) is 0 Å². The van der Waals surface area contributed by atoms with E-state index in [1.165, 1.54) is 24.3 Å². The first-order chi connectivity index (χ1) is 14.4. The Balaban J connectivity index is 1.76. The molecule has 0 heterocycles. The van der Waals surface area contributed by atoms with E-state index >= 15 is 0 Å². The van der Waals surface area contributed by atoms with E-state index in [0.29, 0.717) is 22.3 Å². The van der Waals surface area contributed by atoms with Crippen LogP contribution in [0.15, 0.2) is 78.9 Å². The third kappa shape index (κ3) is 3.22. The van der Waals surface area contributed by atoms with Crippen molar-refractivity contribution in [3.05, 3.63) is 111 Å². The maximum Gasteiger partial charge on any atom is 0.269 e. The SMILES string of the molecule is O=C(CC1(Cc2ccc([N+](=O)[O-])cc2)C(=O)c2ccccc2C1=O)c1ccccc1. The largest absolute Gasteiger partial charge is 0.294 e. The Morgan fingerprint density at radius 1 is 0.800 bits per heavy atom. The van der Waals surface area contributed by atoms with Gasteiger partial charge in [-0.3, -0.25) is 24.5 Å². The fourth-order valence-electron chi connectivity index (χ4n) is 3.97. The topological polar surface area (TPSA) is 94.3 Å². The lowest BCUT2D eigenvalue weighted by atomic mass is 9.72. The van der Waals surface area contributed by atoms with Crippen LogP contribution in [0.1, 0.15) is 43.1 Å². The van der Waals surface area contributed by atoms with E-state index in [1.54, 1.807) is 54.6 Å². The summed E-state index contributed by atoms with van der Waals surface area (Å²) in [5.74, 6) is -1.07. The number of ketones is 3. The smallest absolute Gasteiger partial charge is 0.269 e. The first-order valence-corrected chi connectivity index (χ1v) is 9.42. The maximum atomic E-state index is 13.4. The van der Waals surface area contributed by atoms with Crippen molar-refractivity contribution in [1.29, 1.82) is 0 Å². The molecular weight excluding hydrogens is 382 g/mol. The number of nitro groups is 1. The third-order valence-corrected chi connectivity index (χ3v) is 5.50. The number of fused-ring (bicyclic) bond motifs is 1. The normalized spacial score (nSPS) is 14.4. The van der Waals surface area contributed by atoms with Crippen molar-refractivity contribution >= 4 is 23.0 Å². The summed E-state index contributed by atoms with van der Waals surface area (Å²) in [6.45, 7) is 0. The Morgan fingerprint density at radius 2 is 1.33 bits per heavy atom. The van der Waals surface area contributed by atoms with E-state index in [9.17, 15) is 24.5 Å². The summed E-state index contributed by atoms with van der Waals surface area (Å²) in [4.78, 5) is 50.2. The highest BCUT2D eigenvalue weighted by Crippen LogP contribution is 2.43. The van der Waals surface area contributed by atoms with Crippen LogP contribution < -0.4 is 0 Å².